The SMILES string of the molecule is Cc1ccc(CC(CC(C)C)C(=O)C(C)C)cc1. The van der Waals surface area contributed by atoms with Gasteiger partial charge in [0.05, 0.1) is 0 Å². The first-order valence-corrected chi connectivity index (χ1v) is 6.99. The highest BCUT2D eigenvalue weighted by molar-refractivity contribution is 5.83. The molecule has 1 unspecified atom stereocenters. The highest BCUT2D eigenvalue weighted by Gasteiger charge is 2.22. The monoisotopic (exact) mass is 246 g/mol. The molecule has 0 bridgehead atoms. The average Bonchev–Trinajstić information content (AvgIpc) is 2.29. The summed E-state index contributed by atoms with van der Waals surface area (Å²) in [5.74, 6) is 1.29. The van der Waals surface area contributed by atoms with Gasteiger partial charge in [-0.25, -0.2) is 0 Å². The summed E-state index contributed by atoms with van der Waals surface area (Å²) in [5, 5.41) is 0. The smallest absolute Gasteiger partial charge is 0.138 e. The van der Waals surface area contributed by atoms with Gasteiger partial charge in [0.1, 0.15) is 5.78 Å². The highest BCUT2D eigenvalue weighted by atomic mass is 16.1. The van der Waals surface area contributed by atoms with Crippen LogP contribution in [0.15, 0.2) is 24.3 Å². The lowest BCUT2D eigenvalue weighted by Gasteiger charge is -2.20. The Morgan fingerprint density at radius 1 is 1.06 bits per heavy atom. The molecule has 0 aliphatic carbocycles. The Balaban J connectivity index is 2.77. The highest BCUT2D eigenvalue weighted by Crippen LogP contribution is 2.21. The fourth-order valence-corrected chi connectivity index (χ4v) is 2.35. The van der Waals surface area contributed by atoms with Crippen molar-refractivity contribution in [2.75, 3.05) is 0 Å². The molecule has 0 N–H and O–H groups in total. The van der Waals surface area contributed by atoms with Gasteiger partial charge in [-0.3, -0.25) is 4.79 Å². The van der Waals surface area contributed by atoms with E-state index in [0.717, 1.165) is 12.8 Å². The van der Waals surface area contributed by atoms with Crippen LogP contribution in [-0.4, -0.2) is 5.78 Å². The molecular weight excluding hydrogens is 220 g/mol. The van der Waals surface area contributed by atoms with Crippen LogP contribution < -0.4 is 0 Å². The van der Waals surface area contributed by atoms with Crippen molar-refractivity contribution in [1.82, 2.24) is 0 Å². The molecule has 0 aliphatic heterocycles. The lowest BCUT2D eigenvalue weighted by Crippen LogP contribution is -2.23. The van der Waals surface area contributed by atoms with E-state index in [4.69, 9.17) is 0 Å². The van der Waals surface area contributed by atoms with E-state index < -0.39 is 0 Å². The van der Waals surface area contributed by atoms with E-state index >= 15 is 0 Å². The van der Waals surface area contributed by atoms with Crippen LogP contribution in [-0.2, 0) is 11.2 Å². The van der Waals surface area contributed by atoms with E-state index in [-0.39, 0.29) is 11.8 Å². The van der Waals surface area contributed by atoms with Crippen molar-refractivity contribution in [1.29, 1.82) is 0 Å². The topological polar surface area (TPSA) is 17.1 Å². The van der Waals surface area contributed by atoms with Gasteiger partial charge in [-0.15, -0.1) is 0 Å². The zero-order chi connectivity index (χ0) is 13.7. The number of aryl methyl sites for hydroxylation is 1. The summed E-state index contributed by atoms with van der Waals surface area (Å²) in [7, 11) is 0. The number of rotatable bonds is 6. The first-order valence-electron chi connectivity index (χ1n) is 6.99. The molecule has 1 atom stereocenters. The second kappa shape index (κ2) is 6.72. The van der Waals surface area contributed by atoms with Gasteiger partial charge < -0.3 is 0 Å². The summed E-state index contributed by atoms with van der Waals surface area (Å²) >= 11 is 0. The van der Waals surface area contributed by atoms with Gasteiger partial charge in [0.15, 0.2) is 0 Å². The van der Waals surface area contributed by atoms with Crippen LogP contribution in [0.5, 0.6) is 0 Å². The van der Waals surface area contributed by atoms with Gasteiger partial charge >= 0.3 is 0 Å². The molecule has 0 aliphatic rings. The summed E-state index contributed by atoms with van der Waals surface area (Å²) < 4.78 is 0. The third kappa shape index (κ3) is 4.64. The number of ketones is 1. The molecule has 1 aromatic carbocycles. The van der Waals surface area contributed by atoms with E-state index in [1.165, 1.54) is 11.1 Å². The van der Waals surface area contributed by atoms with Gasteiger partial charge in [0.25, 0.3) is 0 Å². The maximum absolute atomic E-state index is 12.2. The van der Waals surface area contributed by atoms with Crippen LogP contribution in [0, 0.1) is 24.7 Å². The number of benzene rings is 1. The van der Waals surface area contributed by atoms with Crippen molar-refractivity contribution < 1.29 is 4.79 Å². The fraction of sp³-hybridized carbons (Fsp3) is 0.588. The van der Waals surface area contributed by atoms with Crippen molar-refractivity contribution in [3.63, 3.8) is 0 Å². The Hall–Kier alpha value is -1.11. The van der Waals surface area contributed by atoms with Crippen LogP contribution in [0.1, 0.15) is 45.2 Å². The summed E-state index contributed by atoms with van der Waals surface area (Å²) in [5.41, 5.74) is 2.55. The lowest BCUT2D eigenvalue weighted by molar-refractivity contribution is -0.126. The Labute approximate surface area is 112 Å². The standard InChI is InChI=1S/C17H26O/c1-12(2)10-16(17(18)13(3)4)11-15-8-6-14(5)7-9-15/h6-9,12-13,16H,10-11H2,1-5H3. The number of Topliss-reactive ketones (excluding diaryl/α,β-unsaturated/α-hetero) is 1. The third-order valence-electron chi connectivity index (χ3n) is 3.33. The molecule has 0 saturated heterocycles. The maximum atomic E-state index is 12.2. The minimum absolute atomic E-state index is 0.138. The quantitative estimate of drug-likeness (QED) is 0.726. The van der Waals surface area contributed by atoms with Crippen molar-refractivity contribution >= 4 is 5.78 Å². The fourth-order valence-electron chi connectivity index (χ4n) is 2.35. The van der Waals surface area contributed by atoms with Gasteiger partial charge in [0, 0.05) is 11.8 Å². The largest absolute Gasteiger partial charge is 0.299 e. The molecule has 0 saturated carbocycles. The number of carbonyl (C=O) groups is 1. The average molecular weight is 246 g/mol. The van der Waals surface area contributed by atoms with E-state index in [9.17, 15) is 4.79 Å². The molecule has 0 fully saturated rings. The minimum Gasteiger partial charge on any atom is -0.299 e. The molecule has 100 valence electrons. The molecule has 0 heterocycles. The van der Waals surface area contributed by atoms with Crippen LogP contribution >= 0.6 is 0 Å². The van der Waals surface area contributed by atoms with Crippen molar-refractivity contribution in [2.45, 2.75) is 47.5 Å². The van der Waals surface area contributed by atoms with Crippen molar-refractivity contribution in [3.05, 3.63) is 35.4 Å². The normalized spacial score (nSPS) is 13.1. The summed E-state index contributed by atoms with van der Waals surface area (Å²) in [6.45, 7) is 10.5. The molecule has 18 heavy (non-hydrogen) atoms. The predicted molar refractivity (Wildman–Crippen MR) is 77.7 cm³/mol. The molecule has 1 aromatic rings. The van der Waals surface area contributed by atoms with E-state index in [0.29, 0.717) is 11.7 Å². The second-order valence-electron chi connectivity index (χ2n) is 6.07. The summed E-state index contributed by atoms with van der Waals surface area (Å²) in [6, 6.07) is 8.55. The maximum Gasteiger partial charge on any atom is 0.138 e. The number of hydrogen-bond acceptors (Lipinski definition) is 1. The zero-order valence-electron chi connectivity index (χ0n) is 12.4. The van der Waals surface area contributed by atoms with E-state index in [2.05, 4.69) is 45.0 Å². The molecule has 1 nitrogen and oxygen atoms in total. The summed E-state index contributed by atoms with van der Waals surface area (Å²) in [4.78, 5) is 12.2. The van der Waals surface area contributed by atoms with Crippen LogP contribution in [0.3, 0.4) is 0 Å². The molecule has 1 heteroatoms. The molecule has 0 spiro atoms. The minimum atomic E-state index is 0.138. The Kier molecular flexibility index (Phi) is 5.58. The molecular formula is C17H26O. The van der Waals surface area contributed by atoms with Crippen LogP contribution in [0.2, 0.25) is 0 Å². The Morgan fingerprint density at radius 2 is 1.61 bits per heavy atom. The molecule has 1 rings (SSSR count). The Bertz CT molecular complexity index is 373. The first kappa shape index (κ1) is 14.9. The van der Waals surface area contributed by atoms with E-state index in [1.807, 2.05) is 13.8 Å². The van der Waals surface area contributed by atoms with Gasteiger partial charge in [0.2, 0.25) is 0 Å². The molecule has 0 radical (unpaired) electrons. The number of hydrogen-bond donors (Lipinski definition) is 0. The first-order chi connectivity index (χ1) is 8.40. The number of carbonyl (C=O) groups excluding carboxylic acids is 1. The molecule has 0 aromatic heterocycles. The molecule has 0 amide bonds. The Morgan fingerprint density at radius 3 is 2.06 bits per heavy atom. The van der Waals surface area contributed by atoms with Crippen molar-refractivity contribution in [3.8, 4) is 0 Å². The summed E-state index contributed by atoms with van der Waals surface area (Å²) in [6.07, 6.45) is 1.88. The third-order valence-corrected chi connectivity index (χ3v) is 3.33. The van der Waals surface area contributed by atoms with Crippen molar-refractivity contribution in [2.24, 2.45) is 17.8 Å². The van der Waals surface area contributed by atoms with Crippen LogP contribution in [0.25, 0.3) is 0 Å². The zero-order valence-corrected chi connectivity index (χ0v) is 12.4. The second-order valence-corrected chi connectivity index (χ2v) is 6.07. The predicted octanol–water partition coefficient (Wildman–Crippen LogP) is 4.42. The van der Waals surface area contributed by atoms with Gasteiger partial charge in [-0.2, -0.15) is 0 Å². The van der Waals surface area contributed by atoms with E-state index in [1.54, 1.807) is 0 Å². The lowest BCUT2D eigenvalue weighted by atomic mass is 9.84. The van der Waals surface area contributed by atoms with Crippen LogP contribution in [0.4, 0.5) is 0 Å². The van der Waals surface area contributed by atoms with Gasteiger partial charge in [-0.1, -0.05) is 57.5 Å². The van der Waals surface area contributed by atoms with Gasteiger partial charge in [-0.05, 0) is 31.2 Å².